The van der Waals surface area contributed by atoms with E-state index in [4.69, 9.17) is 14.7 Å². The van der Waals surface area contributed by atoms with Gasteiger partial charge in [-0.3, -0.25) is 10.1 Å². The van der Waals surface area contributed by atoms with E-state index in [0.717, 1.165) is 5.56 Å². The maximum absolute atomic E-state index is 11.4. The van der Waals surface area contributed by atoms with Crippen LogP contribution in [0.4, 0.5) is 0 Å². The van der Waals surface area contributed by atoms with Crippen molar-refractivity contribution in [3.8, 4) is 17.7 Å². The number of hydrogen-bond donors (Lipinski definition) is 1. The monoisotopic (exact) mass is 220 g/mol. The molecule has 0 spiro atoms. The van der Waals surface area contributed by atoms with E-state index in [-0.39, 0.29) is 0 Å². The number of rotatable bonds is 3. The normalized spacial score (nSPS) is 9.12. The number of methoxy groups -OCH3 is 2. The topological polar surface area (TPSA) is 71.3 Å². The second-order valence-corrected chi connectivity index (χ2v) is 3.07. The number of nitriles is 1. The Labute approximate surface area is 93.6 Å². The van der Waals surface area contributed by atoms with Gasteiger partial charge < -0.3 is 9.47 Å². The van der Waals surface area contributed by atoms with E-state index in [0.29, 0.717) is 17.1 Å². The lowest BCUT2D eigenvalue weighted by Gasteiger charge is -2.11. The number of ether oxygens (including phenoxy) is 2. The van der Waals surface area contributed by atoms with Crippen LogP contribution in [0.1, 0.15) is 15.9 Å². The Morgan fingerprint density at radius 1 is 1.31 bits per heavy atom. The number of benzene rings is 1. The lowest BCUT2D eigenvalue weighted by molar-refractivity contribution is 0.0972. The molecule has 0 saturated heterocycles. The van der Waals surface area contributed by atoms with Gasteiger partial charge in [-0.1, -0.05) is 0 Å². The average molecular weight is 220 g/mol. The summed E-state index contributed by atoms with van der Waals surface area (Å²) in [4.78, 5) is 11.4. The molecule has 0 saturated carbocycles. The average Bonchev–Trinajstić information content (AvgIpc) is 2.29. The third-order valence-corrected chi connectivity index (χ3v) is 2.18. The highest BCUT2D eigenvalue weighted by atomic mass is 16.5. The van der Waals surface area contributed by atoms with Gasteiger partial charge in [-0.05, 0) is 19.1 Å². The maximum atomic E-state index is 11.4. The molecule has 0 aliphatic rings. The van der Waals surface area contributed by atoms with Gasteiger partial charge in [0.25, 0.3) is 5.91 Å². The molecule has 84 valence electrons. The Bertz CT molecular complexity index is 424. The SMILES string of the molecule is COc1cc(C(=O)NC#N)cc(OC)c1C. The number of amides is 1. The van der Waals surface area contributed by atoms with Gasteiger partial charge >= 0.3 is 0 Å². The van der Waals surface area contributed by atoms with Crippen molar-refractivity contribution in [3.05, 3.63) is 23.3 Å². The van der Waals surface area contributed by atoms with Crippen molar-refractivity contribution in [2.24, 2.45) is 0 Å². The highest BCUT2D eigenvalue weighted by Gasteiger charge is 2.12. The molecule has 0 bridgehead atoms. The van der Waals surface area contributed by atoms with Crippen molar-refractivity contribution in [2.75, 3.05) is 14.2 Å². The van der Waals surface area contributed by atoms with Crippen molar-refractivity contribution in [2.45, 2.75) is 6.92 Å². The molecule has 0 radical (unpaired) electrons. The zero-order chi connectivity index (χ0) is 12.1. The molecule has 1 amide bonds. The van der Waals surface area contributed by atoms with Crippen LogP contribution in [-0.2, 0) is 0 Å². The highest BCUT2D eigenvalue weighted by molar-refractivity contribution is 5.96. The van der Waals surface area contributed by atoms with Crippen molar-refractivity contribution in [1.82, 2.24) is 5.32 Å². The van der Waals surface area contributed by atoms with Crippen LogP contribution < -0.4 is 14.8 Å². The van der Waals surface area contributed by atoms with Gasteiger partial charge in [-0.15, -0.1) is 0 Å². The van der Waals surface area contributed by atoms with Crippen molar-refractivity contribution >= 4 is 5.91 Å². The first-order chi connectivity index (χ1) is 7.63. The third-order valence-electron chi connectivity index (χ3n) is 2.18. The second kappa shape index (κ2) is 5.03. The molecular weight excluding hydrogens is 208 g/mol. The molecule has 0 atom stereocenters. The first-order valence-electron chi connectivity index (χ1n) is 4.56. The highest BCUT2D eigenvalue weighted by Crippen LogP contribution is 2.29. The van der Waals surface area contributed by atoms with E-state index in [9.17, 15) is 4.79 Å². The summed E-state index contributed by atoms with van der Waals surface area (Å²) in [5.74, 6) is 0.601. The van der Waals surface area contributed by atoms with Crippen molar-refractivity contribution in [1.29, 1.82) is 5.26 Å². The van der Waals surface area contributed by atoms with Gasteiger partial charge in [0.2, 0.25) is 0 Å². The minimum atomic E-state index is -0.487. The summed E-state index contributed by atoms with van der Waals surface area (Å²) in [5.41, 5.74) is 1.12. The van der Waals surface area contributed by atoms with Crippen LogP contribution in [0.15, 0.2) is 12.1 Å². The maximum Gasteiger partial charge on any atom is 0.264 e. The fourth-order valence-electron chi connectivity index (χ4n) is 1.34. The van der Waals surface area contributed by atoms with Crippen LogP contribution in [0.2, 0.25) is 0 Å². The molecule has 0 heterocycles. The predicted molar refractivity (Wildman–Crippen MR) is 57.4 cm³/mol. The predicted octanol–water partition coefficient (Wildman–Crippen LogP) is 1.22. The smallest absolute Gasteiger partial charge is 0.264 e. The largest absolute Gasteiger partial charge is 0.496 e. The summed E-state index contributed by atoms with van der Waals surface area (Å²) in [6.45, 7) is 1.82. The number of carbonyl (C=O) groups is 1. The zero-order valence-electron chi connectivity index (χ0n) is 9.33. The quantitative estimate of drug-likeness (QED) is 0.614. The molecule has 0 aromatic heterocycles. The van der Waals surface area contributed by atoms with Gasteiger partial charge in [0.15, 0.2) is 6.19 Å². The molecule has 1 aromatic rings. The summed E-state index contributed by atoms with van der Waals surface area (Å²) >= 11 is 0. The Morgan fingerprint density at radius 3 is 2.19 bits per heavy atom. The van der Waals surface area contributed by atoms with Crippen molar-refractivity contribution in [3.63, 3.8) is 0 Å². The molecule has 1 aromatic carbocycles. The summed E-state index contributed by atoms with van der Waals surface area (Å²) in [7, 11) is 3.02. The van der Waals surface area contributed by atoms with Crippen LogP contribution in [0, 0.1) is 18.4 Å². The molecular formula is C11H12N2O3. The Hall–Kier alpha value is -2.22. The molecule has 1 N–H and O–H groups in total. The van der Waals surface area contributed by atoms with Crippen LogP contribution in [0.25, 0.3) is 0 Å². The van der Waals surface area contributed by atoms with Gasteiger partial charge in [-0.2, -0.15) is 5.26 Å². The standard InChI is InChI=1S/C11H12N2O3/c1-7-9(15-2)4-8(5-10(7)16-3)11(14)13-6-12/h4-5H,1-3H3,(H,13,14). The summed E-state index contributed by atoms with van der Waals surface area (Å²) in [5, 5.41) is 10.4. The number of carbonyl (C=O) groups excluding carboxylic acids is 1. The number of nitrogens with zero attached hydrogens (tertiary/aromatic N) is 1. The second-order valence-electron chi connectivity index (χ2n) is 3.07. The minimum absolute atomic E-state index is 0.320. The molecule has 0 fully saturated rings. The summed E-state index contributed by atoms with van der Waals surface area (Å²) in [6.07, 6.45) is 1.57. The summed E-state index contributed by atoms with van der Waals surface area (Å²) in [6, 6.07) is 3.12. The van der Waals surface area contributed by atoms with Gasteiger partial charge in [0, 0.05) is 11.1 Å². The van der Waals surface area contributed by atoms with E-state index in [1.54, 1.807) is 18.3 Å². The number of nitrogens with one attached hydrogen (secondary N) is 1. The van der Waals surface area contributed by atoms with E-state index in [1.807, 2.05) is 12.2 Å². The van der Waals surface area contributed by atoms with E-state index >= 15 is 0 Å². The van der Waals surface area contributed by atoms with Crippen LogP contribution in [0.3, 0.4) is 0 Å². The minimum Gasteiger partial charge on any atom is -0.496 e. The molecule has 0 unspecified atom stereocenters. The lowest BCUT2D eigenvalue weighted by Crippen LogP contribution is -2.17. The Morgan fingerprint density at radius 2 is 1.81 bits per heavy atom. The third kappa shape index (κ3) is 2.23. The first-order valence-corrected chi connectivity index (χ1v) is 4.56. The van der Waals surface area contributed by atoms with E-state index < -0.39 is 5.91 Å². The van der Waals surface area contributed by atoms with Gasteiger partial charge in [-0.25, -0.2) is 0 Å². The Balaban J connectivity index is 3.22. The Kier molecular flexibility index (Phi) is 3.72. The van der Waals surface area contributed by atoms with Crippen LogP contribution in [0.5, 0.6) is 11.5 Å². The molecule has 1 rings (SSSR count). The molecule has 0 aliphatic carbocycles. The fraction of sp³-hybridized carbons (Fsp3) is 0.273. The van der Waals surface area contributed by atoms with Crippen LogP contribution >= 0.6 is 0 Å². The zero-order valence-corrected chi connectivity index (χ0v) is 9.33. The van der Waals surface area contributed by atoms with Gasteiger partial charge in [0.05, 0.1) is 14.2 Å². The van der Waals surface area contributed by atoms with E-state index in [1.165, 1.54) is 14.2 Å². The first kappa shape index (κ1) is 11.9. The fourth-order valence-corrected chi connectivity index (χ4v) is 1.34. The lowest BCUT2D eigenvalue weighted by atomic mass is 10.1. The van der Waals surface area contributed by atoms with E-state index in [2.05, 4.69) is 0 Å². The van der Waals surface area contributed by atoms with Crippen LogP contribution in [-0.4, -0.2) is 20.1 Å². The molecule has 0 aliphatic heterocycles. The van der Waals surface area contributed by atoms with Gasteiger partial charge in [0.1, 0.15) is 11.5 Å². The molecule has 5 heteroatoms. The number of hydrogen-bond acceptors (Lipinski definition) is 4. The van der Waals surface area contributed by atoms with Crippen molar-refractivity contribution < 1.29 is 14.3 Å². The summed E-state index contributed by atoms with van der Waals surface area (Å²) < 4.78 is 10.2. The molecule has 5 nitrogen and oxygen atoms in total. The molecule has 16 heavy (non-hydrogen) atoms.